The van der Waals surface area contributed by atoms with Crippen LogP contribution in [0.2, 0.25) is 0 Å². The van der Waals surface area contributed by atoms with E-state index >= 15 is 0 Å². The molecule has 0 spiro atoms. The first-order chi connectivity index (χ1) is 7.20. The number of aromatic nitrogens is 2. The van der Waals surface area contributed by atoms with Gasteiger partial charge >= 0.3 is 0 Å². The number of nitrogens with two attached hydrogens (primary N) is 1. The standard InChI is InChI=1S/C11H19N3O/c1-3-10-9(7-14(2)13-10)11-6-8(12)4-5-15-11/h7-8,11H,3-6,12H2,1-2H3. The lowest BCUT2D eigenvalue weighted by Gasteiger charge is -2.27. The number of hydrogen-bond donors (Lipinski definition) is 1. The van der Waals surface area contributed by atoms with Gasteiger partial charge in [0.2, 0.25) is 0 Å². The van der Waals surface area contributed by atoms with Crippen molar-refractivity contribution in [2.24, 2.45) is 12.8 Å². The Balaban J connectivity index is 2.19. The van der Waals surface area contributed by atoms with Gasteiger partial charge in [-0.1, -0.05) is 6.92 Å². The molecule has 84 valence electrons. The minimum atomic E-state index is 0.150. The molecule has 1 aliphatic heterocycles. The van der Waals surface area contributed by atoms with Gasteiger partial charge in [0.1, 0.15) is 0 Å². The maximum atomic E-state index is 5.95. The second-order valence-electron chi connectivity index (χ2n) is 4.20. The molecule has 1 aromatic heterocycles. The van der Waals surface area contributed by atoms with Crippen LogP contribution in [0.5, 0.6) is 0 Å². The lowest BCUT2D eigenvalue weighted by molar-refractivity contribution is 0.00617. The van der Waals surface area contributed by atoms with Crippen LogP contribution in [0.1, 0.15) is 37.1 Å². The van der Waals surface area contributed by atoms with E-state index in [2.05, 4.69) is 18.2 Å². The van der Waals surface area contributed by atoms with Crippen molar-refractivity contribution in [1.29, 1.82) is 0 Å². The Labute approximate surface area is 90.4 Å². The van der Waals surface area contributed by atoms with E-state index in [0.29, 0.717) is 0 Å². The van der Waals surface area contributed by atoms with Crippen LogP contribution in [-0.2, 0) is 18.2 Å². The summed E-state index contributed by atoms with van der Waals surface area (Å²) in [5.41, 5.74) is 8.31. The average Bonchev–Trinajstić information content (AvgIpc) is 2.59. The van der Waals surface area contributed by atoms with Crippen LogP contribution >= 0.6 is 0 Å². The maximum Gasteiger partial charge on any atom is 0.0872 e. The molecule has 1 fully saturated rings. The summed E-state index contributed by atoms with van der Waals surface area (Å²) in [6, 6.07) is 0.272. The third kappa shape index (κ3) is 2.21. The van der Waals surface area contributed by atoms with E-state index in [1.807, 2.05) is 11.7 Å². The summed E-state index contributed by atoms with van der Waals surface area (Å²) in [5, 5.41) is 4.43. The molecule has 2 atom stereocenters. The van der Waals surface area contributed by atoms with Crippen molar-refractivity contribution in [1.82, 2.24) is 9.78 Å². The van der Waals surface area contributed by atoms with Gasteiger partial charge in [-0.2, -0.15) is 5.10 Å². The first-order valence-electron chi connectivity index (χ1n) is 5.60. The fourth-order valence-electron chi connectivity index (χ4n) is 2.14. The minimum Gasteiger partial charge on any atom is -0.373 e. The van der Waals surface area contributed by atoms with Crippen LogP contribution in [0.25, 0.3) is 0 Å². The number of ether oxygens (including phenoxy) is 1. The van der Waals surface area contributed by atoms with Crippen LogP contribution in [-0.4, -0.2) is 22.4 Å². The SMILES string of the molecule is CCc1nn(C)cc1C1CC(N)CCO1. The normalized spacial score (nSPS) is 26.9. The van der Waals surface area contributed by atoms with Crippen molar-refractivity contribution >= 4 is 0 Å². The van der Waals surface area contributed by atoms with E-state index in [-0.39, 0.29) is 12.1 Å². The molecule has 1 aliphatic rings. The van der Waals surface area contributed by atoms with Crippen LogP contribution in [0, 0.1) is 0 Å². The molecule has 15 heavy (non-hydrogen) atoms. The number of aryl methyl sites for hydroxylation is 2. The number of rotatable bonds is 2. The lowest BCUT2D eigenvalue weighted by atomic mass is 9.98. The molecule has 0 radical (unpaired) electrons. The van der Waals surface area contributed by atoms with E-state index in [9.17, 15) is 0 Å². The van der Waals surface area contributed by atoms with Gasteiger partial charge in [-0.05, 0) is 19.3 Å². The van der Waals surface area contributed by atoms with Gasteiger partial charge in [0.05, 0.1) is 11.8 Å². The average molecular weight is 209 g/mol. The largest absolute Gasteiger partial charge is 0.373 e. The fourth-order valence-corrected chi connectivity index (χ4v) is 2.14. The van der Waals surface area contributed by atoms with E-state index in [1.165, 1.54) is 5.56 Å². The van der Waals surface area contributed by atoms with E-state index < -0.39 is 0 Å². The van der Waals surface area contributed by atoms with Gasteiger partial charge in [-0.3, -0.25) is 4.68 Å². The van der Waals surface area contributed by atoms with Crippen molar-refractivity contribution < 1.29 is 4.74 Å². The maximum absolute atomic E-state index is 5.95. The van der Waals surface area contributed by atoms with E-state index in [1.54, 1.807) is 0 Å². The highest BCUT2D eigenvalue weighted by Gasteiger charge is 2.24. The molecule has 0 amide bonds. The summed E-state index contributed by atoms with van der Waals surface area (Å²) in [4.78, 5) is 0. The molecule has 0 aliphatic carbocycles. The number of hydrogen-bond acceptors (Lipinski definition) is 3. The fraction of sp³-hybridized carbons (Fsp3) is 0.727. The molecule has 1 aromatic rings. The summed E-state index contributed by atoms with van der Waals surface area (Å²) in [6.07, 6.45) is 5.04. The summed E-state index contributed by atoms with van der Waals surface area (Å²) >= 11 is 0. The van der Waals surface area contributed by atoms with Gasteiger partial charge in [0.25, 0.3) is 0 Å². The first-order valence-corrected chi connectivity index (χ1v) is 5.60. The Morgan fingerprint density at radius 3 is 3.13 bits per heavy atom. The van der Waals surface area contributed by atoms with Crippen LogP contribution < -0.4 is 5.73 Å². The van der Waals surface area contributed by atoms with Crippen molar-refractivity contribution in [3.8, 4) is 0 Å². The highest BCUT2D eigenvalue weighted by Crippen LogP contribution is 2.29. The molecule has 1 saturated heterocycles. The Morgan fingerprint density at radius 1 is 1.67 bits per heavy atom. The topological polar surface area (TPSA) is 53.1 Å². The second kappa shape index (κ2) is 4.33. The molecule has 0 aromatic carbocycles. The van der Waals surface area contributed by atoms with Gasteiger partial charge in [0, 0.05) is 31.5 Å². The monoisotopic (exact) mass is 209 g/mol. The van der Waals surface area contributed by atoms with Gasteiger partial charge in [-0.15, -0.1) is 0 Å². The molecular weight excluding hydrogens is 190 g/mol. The summed E-state index contributed by atoms with van der Waals surface area (Å²) in [6.45, 7) is 2.89. The molecule has 2 heterocycles. The van der Waals surface area contributed by atoms with Crippen LogP contribution in [0.4, 0.5) is 0 Å². The molecular formula is C11H19N3O. The molecule has 2 unspecified atom stereocenters. The molecule has 0 bridgehead atoms. The number of nitrogens with zero attached hydrogens (tertiary/aromatic N) is 2. The van der Waals surface area contributed by atoms with Crippen LogP contribution in [0.15, 0.2) is 6.20 Å². The second-order valence-corrected chi connectivity index (χ2v) is 4.20. The van der Waals surface area contributed by atoms with Crippen molar-refractivity contribution in [3.63, 3.8) is 0 Å². The van der Waals surface area contributed by atoms with Gasteiger partial charge in [0.15, 0.2) is 0 Å². The third-order valence-electron chi connectivity index (χ3n) is 2.94. The van der Waals surface area contributed by atoms with Crippen molar-refractivity contribution in [3.05, 3.63) is 17.5 Å². The Hall–Kier alpha value is -0.870. The smallest absolute Gasteiger partial charge is 0.0872 e. The Kier molecular flexibility index (Phi) is 3.07. The Morgan fingerprint density at radius 2 is 2.47 bits per heavy atom. The summed E-state index contributed by atoms with van der Waals surface area (Å²) in [5.74, 6) is 0. The highest BCUT2D eigenvalue weighted by molar-refractivity contribution is 5.20. The summed E-state index contributed by atoms with van der Waals surface area (Å²) < 4.78 is 7.62. The zero-order valence-electron chi connectivity index (χ0n) is 9.44. The zero-order chi connectivity index (χ0) is 10.8. The predicted octanol–water partition coefficient (Wildman–Crippen LogP) is 1.16. The lowest BCUT2D eigenvalue weighted by Crippen LogP contribution is -2.30. The van der Waals surface area contributed by atoms with E-state index in [0.717, 1.165) is 31.6 Å². The highest BCUT2D eigenvalue weighted by atomic mass is 16.5. The molecule has 4 nitrogen and oxygen atoms in total. The zero-order valence-corrected chi connectivity index (χ0v) is 9.44. The molecule has 0 saturated carbocycles. The Bertz CT molecular complexity index is 335. The molecule has 2 N–H and O–H groups in total. The molecule has 2 rings (SSSR count). The van der Waals surface area contributed by atoms with Crippen molar-refractivity contribution in [2.75, 3.05) is 6.61 Å². The van der Waals surface area contributed by atoms with Gasteiger partial charge in [-0.25, -0.2) is 0 Å². The quantitative estimate of drug-likeness (QED) is 0.795. The first kappa shape index (κ1) is 10.6. The molecule has 4 heteroatoms. The van der Waals surface area contributed by atoms with Crippen molar-refractivity contribution in [2.45, 2.75) is 38.3 Å². The van der Waals surface area contributed by atoms with Crippen LogP contribution in [0.3, 0.4) is 0 Å². The third-order valence-corrected chi connectivity index (χ3v) is 2.94. The van der Waals surface area contributed by atoms with Gasteiger partial charge < -0.3 is 10.5 Å². The minimum absolute atomic E-state index is 0.150. The van der Waals surface area contributed by atoms with E-state index in [4.69, 9.17) is 10.5 Å². The predicted molar refractivity (Wildman–Crippen MR) is 58.5 cm³/mol. The summed E-state index contributed by atoms with van der Waals surface area (Å²) in [7, 11) is 1.95.